The average molecular weight is 280 g/mol. The van der Waals surface area contributed by atoms with Crippen LogP contribution in [0.15, 0.2) is 0 Å². The number of likely N-dealkylation sites (N-methyl/N-ethyl adjacent to an activating group) is 1. The monoisotopic (exact) mass is 280 g/mol. The van der Waals surface area contributed by atoms with Crippen LogP contribution >= 0.6 is 0 Å². The van der Waals surface area contributed by atoms with E-state index in [1.54, 1.807) is 10.6 Å². The number of rotatable bonds is 3. The van der Waals surface area contributed by atoms with Crippen molar-refractivity contribution in [2.24, 2.45) is 0 Å². The molecule has 0 unspecified atom stereocenters. The lowest BCUT2D eigenvalue weighted by molar-refractivity contribution is 0.387. The SMILES string of the molecule is CN(C)CCn1c(N)c(C#N)c2nc(C#N)c(C#N)nc21. The van der Waals surface area contributed by atoms with Gasteiger partial charge in [0.1, 0.15) is 35.1 Å². The number of nitriles is 3. The van der Waals surface area contributed by atoms with Crippen molar-refractivity contribution in [3.8, 4) is 18.2 Å². The quantitative estimate of drug-likeness (QED) is 0.848. The molecule has 0 fully saturated rings. The first-order valence-electron chi connectivity index (χ1n) is 6.08. The minimum atomic E-state index is -0.105. The van der Waals surface area contributed by atoms with E-state index in [4.69, 9.17) is 16.3 Å². The molecular weight excluding hydrogens is 268 g/mol. The van der Waals surface area contributed by atoms with Crippen LogP contribution in [0, 0.1) is 34.0 Å². The molecule has 0 saturated heterocycles. The average Bonchev–Trinajstić information content (AvgIpc) is 2.73. The van der Waals surface area contributed by atoms with Gasteiger partial charge in [-0.15, -0.1) is 0 Å². The summed E-state index contributed by atoms with van der Waals surface area (Å²) in [6.45, 7) is 1.19. The minimum absolute atomic E-state index is 0.0712. The molecule has 2 aromatic rings. The molecule has 0 spiro atoms. The molecule has 0 bridgehead atoms. The number of hydrogen-bond donors (Lipinski definition) is 1. The summed E-state index contributed by atoms with van der Waals surface area (Å²) < 4.78 is 1.64. The Bertz CT molecular complexity index is 825. The third-order valence-corrected chi connectivity index (χ3v) is 3.01. The molecule has 21 heavy (non-hydrogen) atoms. The zero-order valence-electron chi connectivity index (χ0n) is 11.6. The minimum Gasteiger partial charge on any atom is -0.384 e. The summed E-state index contributed by atoms with van der Waals surface area (Å²) in [7, 11) is 3.82. The Morgan fingerprint density at radius 3 is 2.24 bits per heavy atom. The van der Waals surface area contributed by atoms with Gasteiger partial charge in [0.05, 0.1) is 0 Å². The van der Waals surface area contributed by atoms with Gasteiger partial charge in [0.15, 0.2) is 17.0 Å². The Labute approximate surface area is 121 Å². The number of nitrogens with zero attached hydrogens (tertiary/aromatic N) is 7. The van der Waals surface area contributed by atoms with Crippen molar-refractivity contribution in [2.45, 2.75) is 6.54 Å². The Kier molecular flexibility index (Phi) is 3.71. The normalized spacial score (nSPS) is 10.3. The van der Waals surface area contributed by atoms with E-state index in [0.29, 0.717) is 18.7 Å². The van der Waals surface area contributed by atoms with Gasteiger partial charge in [0.25, 0.3) is 0 Å². The molecule has 104 valence electrons. The molecule has 2 aromatic heterocycles. The molecule has 8 heteroatoms. The molecule has 0 aromatic carbocycles. The summed E-state index contributed by atoms with van der Waals surface area (Å²) >= 11 is 0. The van der Waals surface area contributed by atoms with E-state index in [9.17, 15) is 5.26 Å². The second-order valence-corrected chi connectivity index (χ2v) is 4.64. The molecular formula is C13H12N8. The fourth-order valence-electron chi connectivity index (χ4n) is 1.95. The number of aromatic nitrogens is 3. The van der Waals surface area contributed by atoms with Gasteiger partial charge < -0.3 is 15.2 Å². The molecule has 0 aliphatic rings. The molecule has 2 N–H and O–H groups in total. The zero-order valence-corrected chi connectivity index (χ0v) is 11.6. The van der Waals surface area contributed by atoms with Gasteiger partial charge in [0.2, 0.25) is 0 Å². The number of fused-ring (bicyclic) bond motifs is 1. The van der Waals surface area contributed by atoms with Crippen molar-refractivity contribution in [2.75, 3.05) is 26.4 Å². The van der Waals surface area contributed by atoms with E-state index in [-0.39, 0.29) is 28.3 Å². The Morgan fingerprint density at radius 1 is 1.10 bits per heavy atom. The van der Waals surface area contributed by atoms with E-state index >= 15 is 0 Å². The summed E-state index contributed by atoms with van der Waals surface area (Å²) in [4.78, 5) is 10.2. The first-order chi connectivity index (χ1) is 10.0. The zero-order chi connectivity index (χ0) is 15.6. The highest BCUT2D eigenvalue weighted by atomic mass is 15.2. The second kappa shape index (κ2) is 5.46. The maximum Gasteiger partial charge on any atom is 0.179 e. The van der Waals surface area contributed by atoms with Crippen LogP contribution in [-0.2, 0) is 6.54 Å². The van der Waals surface area contributed by atoms with Crippen LogP contribution in [-0.4, -0.2) is 40.1 Å². The van der Waals surface area contributed by atoms with Crippen molar-refractivity contribution in [1.29, 1.82) is 15.8 Å². The molecule has 2 heterocycles. The summed E-state index contributed by atoms with van der Waals surface area (Å²) in [5.41, 5.74) is 6.58. The fraction of sp³-hybridized carbons (Fsp3) is 0.308. The van der Waals surface area contributed by atoms with Crippen LogP contribution in [0.1, 0.15) is 17.0 Å². The third-order valence-electron chi connectivity index (χ3n) is 3.01. The van der Waals surface area contributed by atoms with Crippen molar-refractivity contribution in [3.05, 3.63) is 17.0 Å². The van der Waals surface area contributed by atoms with E-state index in [2.05, 4.69) is 9.97 Å². The molecule has 0 saturated carbocycles. The highest BCUT2D eigenvalue weighted by molar-refractivity contribution is 5.86. The summed E-state index contributed by atoms with van der Waals surface area (Å²) in [6, 6.07) is 5.62. The first-order valence-corrected chi connectivity index (χ1v) is 6.08. The molecule has 8 nitrogen and oxygen atoms in total. The number of anilines is 1. The topological polar surface area (TPSA) is 131 Å². The van der Waals surface area contributed by atoms with E-state index in [0.717, 1.165) is 0 Å². The highest BCUT2D eigenvalue weighted by Crippen LogP contribution is 2.25. The number of hydrogen-bond acceptors (Lipinski definition) is 7. The van der Waals surface area contributed by atoms with E-state index in [1.165, 1.54) is 0 Å². The van der Waals surface area contributed by atoms with Crippen molar-refractivity contribution >= 4 is 17.0 Å². The maximum absolute atomic E-state index is 9.23. The fourth-order valence-corrected chi connectivity index (χ4v) is 1.95. The van der Waals surface area contributed by atoms with Crippen LogP contribution in [0.4, 0.5) is 5.82 Å². The lowest BCUT2D eigenvalue weighted by atomic mass is 10.3. The van der Waals surface area contributed by atoms with Crippen LogP contribution in [0.25, 0.3) is 11.2 Å². The number of nitrogen functional groups attached to an aromatic ring is 1. The Balaban J connectivity index is 2.75. The lowest BCUT2D eigenvalue weighted by Gasteiger charge is -2.12. The highest BCUT2D eigenvalue weighted by Gasteiger charge is 2.20. The van der Waals surface area contributed by atoms with Gasteiger partial charge in [-0.3, -0.25) is 0 Å². The molecule has 0 aliphatic heterocycles. The molecule has 0 amide bonds. The summed E-state index contributed by atoms with van der Waals surface area (Å²) in [5.74, 6) is 0.244. The third kappa shape index (κ3) is 2.34. The molecule has 0 atom stereocenters. The van der Waals surface area contributed by atoms with Crippen LogP contribution in [0.2, 0.25) is 0 Å². The predicted molar refractivity (Wildman–Crippen MR) is 74.6 cm³/mol. The van der Waals surface area contributed by atoms with Gasteiger partial charge in [-0.1, -0.05) is 0 Å². The van der Waals surface area contributed by atoms with Crippen LogP contribution < -0.4 is 5.73 Å². The maximum atomic E-state index is 9.23. The lowest BCUT2D eigenvalue weighted by Crippen LogP contribution is -2.19. The molecule has 0 radical (unpaired) electrons. The van der Waals surface area contributed by atoms with Crippen molar-refractivity contribution < 1.29 is 0 Å². The Morgan fingerprint density at radius 2 is 1.71 bits per heavy atom. The van der Waals surface area contributed by atoms with Crippen molar-refractivity contribution in [3.63, 3.8) is 0 Å². The van der Waals surface area contributed by atoms with Gasteiger partial charge in [-0.25, -0.2) is 9.97 Å². The standard InChI is InChI=1S/C13H12N8/c1-20(2)3-4-21-12(17)8(5-14)11-13(21)19-10(7-16)9(6-15)18-11/h3-4,17H2,1-2H3. The Hall–Kier alpha value is -3.15. The molecule has 0 aliphatic carbocycles. The summed E-state index contributed by atoms with van der Waals surface area (Å²) in [6.07, 6.45) is 0. The smallest absolute Gasteiger partial charge is 0.179 e. The van der Waals surface area contributed by atoms with E-state index < -0.39 is 0 Å². The van der Waals surface area contributed by atoms with Gasteiger partial charge in [0, 0.05) is 13.1 Å². The number of nitrogens with two attached hydrogens (primary N) is 1. The molecule has 2 rings (SSSR count). The van der Waals surface area contributed by atoms with Gasteiger partial charge >= 0.3 is 0 Å². The van der Waals surface area contributed by atoms with Gasteiger partial charge in [-0.2, -0.15) is 15.8 Å². The van der Waals surface area contributed by atoms with Crippen LogP contribution in [0.5, 0.6) is 0 Å². The van der Waals surface area contributed by atoms with Crippen LogP contribution in [0.3, 0.4) is 0 Å². The van der Waals surface area contributed by atoms with Gasteiger partial charge in [-0.05, 0) is 14.1 Å². The predicted octanol–water partition coefficient (Wildman–Crippen LogP) is 0.190. The van der Waals surface area contributed by atoms with Crippen molar-refractivity contribution in [1.82, 2.24) is 19.4 Å². The summed E-state index contributed by atoms with van der Waals surface area (Å²) in [5, 5.41) is 27.3. The second-order valence-electron chi connectivity index (χ2n) is 4.64. The largest absolute Gasteiger partial charge is 0.384 e. The van der Waals surface area contributed by atoms with E-state index in [1.807, 2.05) is 31.1 Å². The first kappa shape index (κ1) is 14.3.